The minimum Gasteiger partial charge on any atom is -0.339 e. The average Bonchev–Trinajstić information content (AvgIpc) is 3.02. The molecule has 1 aromatic heterocycles. The highest BCUT2D eigenvalue weighted by molar-refractivity contribution is 5.08. The van der Waals surface area contributed by atoms with Crippen molar-refractivity contribution >= 4 is 0 Å². The quantitative estimate of drug-likeness (QED) is 0.905. The lowest BCUT2D eigenvalue weighted by Crippen LogP contribution is -2.39. The number of nitrogens with two attached hydrogens (primary N) is 1. The molecule has 116 valence electrons. The molecule has 0 aromatic carbocycles. The minimum atomic E-state index is 0.195. The Balaban J connectivity index is 1.50. The summed E-state index contributed by atoms with van der Waals surface area (Å²) in [5.41, 5.74) is 6.24. The van der Waals surface area contributed by atoms with Crippen LogP contribution in [0.3, 0.4) is 0 Å². The lowest BCUT2D eigenvalue weighted by Gasteiger charge is -2.34. The highest BCUT2D eigenvalue weighted by atomic mass is 16.5. The molecule has 2 bridgehead atoms. The normalized spacial score (nSPS) is 40.6. The third-order valence-corrected chi connectivity index (χ3v) is 6.06. The molecule has 5 heteroatoms. The van der Waals surface area contributed by atoms with Crippen molar-refractivity contribution in [2.45, 2.75) is 81.3 Å². The summed E-state index contributed by atoms with van der Waals surface area (Å²) in [4.78, 5) is 7.30. The molecule has 21 heavy (non-hydrogen) atoms. The van der Waals surface area contributed by atoms with Gasteiger partial charge in [-0.1, -0.05) is 18.0 Å². The van der Waals surface area contributed by atoms with E-state index in [4.69, 9.17) is 15.2 Å². The smallest absolute Gasteiger partial charge is 0.231 e. The summed E-state index contributed by atoms with van der Waals surface area (Å²) in [5, 5.41) is 4.31. The molecular formula is C16H26N4O. The van der Waals surface area contributed by atoms with Gasteiger partial charge in [-0.05, 0) is 45.6 Å². The number of hydrogen-bond donors (Lipinski definition) is 1. The fourth-order valence-electron chi connectivity index (χ4n) is 4.65. The van der Waals surface area contributed by atoms with Crippen molar-refractivity contribution in [3.63, 3.8) is 0 Å². The molecule has 4 rings (SSSR count). The summed E-state index contributed by atoms with van der Waals surface area (Å²) in [6.07, 6.45) is 9.67. The molecule has 5 nitrogen and oxygen atoms in total. The van der Waals surface area contributed by atoms with E-state index in [1.807, 2.05) is 0 Å². The highest BCUT2D eigenvalue weighted by Gasteiger charge is 2.40. The van der Waals surface area contributed by atoms with Crippen molar-refractivity contribution in [3.05, 3.63) is 11.7 Å². The number of fused-ring (bicyclic) bond motifs is 2. The van der Waals surface area contributed by atoms with Gasteiger partial charge in [-0.3, -0.25) is 0 Å². The maximum atomic E-state index is 6.24. The van der Waals surface area contributed by atoms with Gasteiger partial charge in [0.25, 0.3) is 0 Å². The number of aromatic nitrogens is 2. The Labute approximate surface area is 126 Å². The van der Waals surface area contributed by atoms with E-state index < -0.39 is 0 Å². The lowest BCUT2D eigenvalue weighted by atomic mass is 9.85. The van der Waals surface area contributed by atoms with Gasteiger partial charge in [-0.2, -0.15) is 4.98 Å². The number of nitrogens with zero attached hydrogens (tertiary/aromatic N) is 3. The van der Waals surface area contributed by atoms with E-state index in [9.17, 15) is 0 Å². The van der Waals surface area contributed by atoms with Crippen LogP contribution < -0.4 is 5.73 Å². The van der Waals surface area contributed by atoms with Crippen molar-refractivity contribution < 1.29 is 4.52 Å². The fourth-order valence-corrected chi connectivity index (χ4v) is 4.65. The molecule has 2 aliphatic heterocycles. The molecule has 1 saturated carbocycles. The summed E-state index contributed by atoms with van der Waals surface area (Å²) < 4.78 is 5.59. The molecular weight excluding hydrogens is 264 g/mol. The van der Waals surface area contributed by atoms with Crippen LogP contribution in [0.1, 0.15) is 74.9 Å². The molecule has 3 heterocycles. The molecule has 4 atom stereocenters. The zero-order valence-corrected chi connectivity index (χ0v) is 12.9. The zero-order valence-electron chi connectivity index (χ0n) is 12.9. The minimum absolute atomic E-state index is 0.195. The van der Waals surface area contributed by atoms with Gasteiger partial charge in [0, 0.05) is 24.0 Å². The van der Waals surface area contributed by atoms with Crippen molar-refractivity contribution in [2.75, 3.05) is 7.05 Å². The monoisotopic (exact) mass is 290 g/mol. The Morgan fingerprint density at radius 2 is 1.81 bits per heavy atom. The lowest BCUT2D eigenvalue weighted by molar-refractivity contribution is 0.157. The second-order valence-corrected chi connectivity index (χ2v) is 7.26. The molecule has 2 N–H and O–H groups in total. The van der Waals surface area contributed by atoms with Crippen LogP contribution in [0, 0.1) is 0 Å². The third kappa shape index (κ3) is 2.40. The van der Waals surface area contributed by atoms with Gasteiger partial charge in [0.1, 0.15) is 0 Å². The standard InChI is InChI=1S/C16H26N4O/c1-20-11-6-7-12(20)9-10(8-11)15-18-16(21-19-15)13-4-2-3-5-14(13)17/h10-14H,2-9,17H2,1H3. The maximum Gasteiger partial charge on any atom is 0.231 e. The first-order chi connectivity index (χ1) is 10.2. The zero-order chi connectivity index (χ0) is 14.4. The maximum absolute atomic E-state index is 6.24. The summed E-state index contributed by atoms with van der Waals surface area (Å²) in [6.45, 7) is 0. The Kier molecular flexibility index (Phi) is 3.50. The Bertz CT molecular complexity index is 488. The Morgan fingerprint density at radius 3 is 2.52 bits per heavy atom. The summed E-state index contributed by atoms with van der Waals surface area (Å²) >= 11 is 0. The first kappa shape index (κ1) is 13.7. The largest absolute Gasteiger partial charge is 0.339 e. The van der Waals surface area contributed by atoms with Crippen LogP contribution in [0.15, 0.2) is 4.52 Å². The molecule has 0 amide bonds. The van der Waals surface area contributed by atoms with Crippen molar-refractivity contribution in [3.8, 4) is 0 Å². The predicted molar refractivity (Wildman–Crippen MR) is 80.0 cm³/mol. The van der Waals surface area contributed by atoms with E-state index in [1.54, 1.807) is 0 Å². The molecule has 1 aromatic rings. The molecule has 2 saturated heterocycles. The van der Waals surface area contributed by atoms with Gasteiger partial charge in [0.05, 0.1) is 5.92 Å². The number of piperidine rings is 1. The Hall–Kier alpha value is -0.940. The van der Waals surface area contributed by atoms with Gasteiger partial charge in [0.15, 0.2) is 5.82 Å². The van der Waals surface area contributed by atoms with Gasteiger partial charge in [-0.25, -0.2) is 0 Å². The van der Waals surface area contributed by atoms with E-state index in [1.165, 1.54) is 38.5 Å². The van der Waals surface area contributed by atoms with Crippen molar-refractivity contribution in [1.82, 2.24) is 15.0 Å². The van der Waals surface area contributed by atoms with Crippen molar-refractivity contribution in [2.24, 2.45) is 5.73 Å². The summed E-state index contributed by atoms with van der Waals surface area (Å²) in [6, 6.07) is 1.63. The number of hydrogen-bond acceptors (Lipinski definition) is 5. The van der Waals surface area contributed by atoms with Crippen molar-refractivity contribution in [1.29, 1.82) is 0 Å². The second kappa shape index (κ2) is 5.36. The van der Waals surface area contributed by atoms with Crippen LogP contribution in [0.5, 0.6) is 0 Å². The molecule has 0 spiro atoms. The SMILES string of the molecule is CN1C2CCC1CC(c1noc(C3CCCCC3N)n1)C2. The molecule has 1 aliphatic carbocycles. The van der Waals surface area contributed by atoms with Crippen LogP contribution in [0.4, 0.5) is 0 Å². The molecule has 4 unspecified atom stereocenters. The molecule has 3 fully saturated rings. The Morgan fingerprint density at radius 1 is 1.10 bits per heavy atom. The fraction of sp³-hybridized carbons (Fsp3) is 0.875. The van der Waals surface area contributed by atoms with E-state index in [0.29, 0.717) is 18.0 Å². The van der Waals surface area contributed by atoms with Gasteiger partial charge >= 0.3 is 0 Å². The molecule has 3 aliphatic rings. The predicted octanol–water partition coefficient (Wildman–Crippen LogP) is 2.39. The van der Waals surface area contributed by atoms with Gasteiger partial charge < -0.3 is 15.2 Å². The van der Waals surface area contributed by atoms with Crippen LogP contribution >= 0.6 is 0 Å². The second-order valence-electron chi connectivity index (χ2n) is 7.26. The van der Waals surface area contributed by atoms with Gasteiger partial charge in [-0.15, -0.1) is 0 Å². The summed E-state index contributed by atoms with van der Waals surface area (Å²) in [7, 11) is 2.27. The van der Waals surface area contributed by atoms with Gasteiger partial charge in [0.2, 0.25) is 5.89 Å². The average molecular weight is 290 g/mol. The van der Waals surface area contributed by atoms with E-state index in [-0.39, 0.29) is 12.0 Å². The third-order valence-electron chi connectivity index (χ3n) is 6.06. The van der Waals surface area contributed by atoms with E-state index in [2.05, 4.69) is 17.1 Å². The molecule has 0 radical (unpaired) electrons. The topological polar surface area (TPSA) is 68.2 Å². The van der Waals surface area contributed by atoms with E-state index in [0.717, 1.165) is 24.6 Å². The first-order valence-electron chi connectivity index (χ1n) is 8.53. The van der Waals surface area contributed by atoms with Crippen LogP contribution in [-0.4, -0.2) is 40.2 Å². The van der Waals surface area contributed by atoms with Crippen LogP contribution in [0.25, 0.3) is 0 Å². The first-order valence-corrected chi connectivity index (χ1v) is 8.53. The van der Waals surface area contributed by atoms with E-state index >= 15 is 0 Å². The van der Waals surface area contributed by atoms with Crippen LogP contribution in [-0.2, 0) is 0 Å². The summed E-state index contributed by atoms with van der Waals surface area (Å²) in [5.74, 6) is 2.50. The highest BCUT2D eigenvalue weighted by Crippen LogP contribution is 2.41. The van der Waals surface area contributed by atoms with Crippen LogP contribution in [0.2, 0.25) is 0 Å². The number of rotatable bonds is 2.